The van der Waals surface area contributed by atoms with E-state index < -0.39 is 0 Å². The molecule has 1 aromatic rings. The van der Waals surface area contributed by atoms with Crippen LogP contribution in [0.3, 0.4) is 0 Å². The Labute approximate surface area is 123 Å². The maximum Gasteiger partial charge on any atom is 0.223 e. The first-order valence-electron chi connectivity index (χ1n) is 6.54. The molecule has 0 radical (unpaired) electrons. The van der Waals surface area contributed by atoms with Gasteiger partial charge in [0.15, 0.2) is 0 Å². The van der Waals surface area contributed by atoms with Crippen molar-refractivity contribution in [3.63, 3.8) is 0 Å². The maximum atomic E-state index is 12.2. The van der Waals surface area contributed by atoms with Crippen molar-refractivity contribution >= 4 is 29.1 Å². The first-order valence-corrected chi connectivity index (χ1v) is 7.30. The molecule has 1 fully saturated rings. The van der Waals surface area contributed by atoms with Crippen LogP contribution >= 0.6 is 23.2 Å². The Bertz CT molecular complexity index is 459. The number of amides is 1. The maximum absolute atomic E-state index is 12.2. The number of carbonyl (C=O) groups is 1. The van der Waals surface area contributed by atoms with Crippen LogP contribution in [0.5, 0.6) is 0 Å². The summed E-state index contributed by atoms with van der Waals surface area (Å²) in [5, 5.41) is 7.31. The third kappa shape index (κ3) is 3.62. The van der Waals surface area contributed by atoms with E-state index >= 15 is 0 Å². The highest BCUT2D eigenvalue weighted by molar-refractivity contribution is 6.42. The van der Waals surface area contributed by atoms with E-state index in [4.69, 9.17) is 23.2 Å². The van der Waals surface area contributed by atoms with Gasteiger partial charge in [0.2, 0.25) is 5.91 Å². The zero-order valence-electron chi connectivity index (χ0n) is 10.9. The molecule has 0 aliphatic carbocycles. The Morgan fingerprint density at radius 1 is 1.37 bits per heavy atom. The number of hydrogen-bond acceptors (Lipinski definition) is 2. The van der Waals surface area contributed by atoms with E-state index in [1.807, 2.05) is 19.1 Å². The highest BCUT2D eigenvalue weighted by Gasteiger charge is 2.23. The Morgan fingerprint density at radius 3 is 2.74 bits per heavy atom. The third-order valence-corrected chi connectivity index (χ3v) is 4.35. The molecule has 0 spiro atoms. The molecule has 5 heteroatoms. The van der Waals surface area contributed by atoms with Gasteiger partial charge in [-0.25, -0.2) is 0 Å². The lowest BCUT2D eigenvalue weighted by atomic mass is 9.96. The van der Waals surface area contributed by atoms with Gasteiger partial charge >= 0.3 is 0 Å². The van der Waals surface area contributed by atoms with Gasteiger partial charge in [0.1, 0.15) is 0 Å². The normalized spacial score (nSPS) is 18.1. The molecule has 1 amide bonds. The molecule has 1 unspecified atom stereocenters. The number of carbonyl (C=O) groups excluding carboxylic acids is 1. The zero-order valence-corrected chi connectivity index (χ0v) is 12.4. The van der Waals surface area contributed by atoms with E-state index in [-0.39, 0.29) is 17.9 Å². The number of rotatable bonds is 3. The second-order valence-electron chi connectivity index (χ2n) is 4.90. The van der Waals surface area contributed by atoms with Crippen molar-refractivity contribution in [2.45, 2.75) is 25.8 Å². The molecule has 104 valence electrons. The van der Waals surface area contributed by atoms with Gasteiger partial charge in [-0.1, -0.05) is 35.3 Å². The lowest BCUT2D eigenvalue weighted by Gasteiger charge is -2.24. The van der Waals surface area contributed by atoms with Crippen molar-refractivity contribution < 1.29 is 4.79 Å². The molecule has 1 saturated heterocycles. The van der Waals surface area contributed by atoms with Crippen LogP contribution < -0.4 is 10.6 Å². The predicted molar refractivity (Wildman–Crippen MR) is 78.6 cm³/mol. The molecule has 2 N–H and O–H groups in total. The molecule has 19 heavy (non-hydrogen) atoms. The number of halogens is 2. The van der Waals surface area contributed by atoms with Gasteiger partial charge < -0.3 is 10.6 Å². The molecule has 0 saturated carbocycles. The average molecular weight is 301 g/mol. The Morgan fingerprint density at radius 2 is 2.05 bits per heavy atom. The number of benzene rings is 1. The van der Waals surface area contributed by atoms with Crippen LogP contribution in [0.15, 0.2) is 18.2 Å². The van der Waals surface area contributed by atoms with Crippen molar-refractivity contribution in [1.29, 1.82) is 0 Å². The average Bonchev–Trinajstić information content (AvgIpc) is 2.42. The molecular formula is C14H18Cl2N2O. The van der Waals surface area contributed by atoms with E-state index in [1.165, 1.54) is 0 Å². The summed E-state index contributed by atoms with van der Waals surface area (Å²) in [6, 6.07) is 5.35. The van der Waals surface area contributed by atoms with Crippen molar-refractivity contribution in [2.75, 3.05) is 13.1 Å². The van der Waals surface area contributed by atoms with Crippen LogP contribution in [0.1, 0.15) is 31.4 Å². The van der Waals surface area contributed by atoms with Crippen LogP contribution in [0, 0.1) is 5.92 Å². The molecule has 1 aliphatic rings. The van der Waals surface area contributed by atoms with Gasteiger partial charge in [-0.3, -0.25) is 4.79 Å². The van der Waals surface area contributed by atoms with Gasteiger partial charge in [0.25, 0.3) is 0 Å². The number of piperidine rings is 1. The van der Waals surface area contributed by atoms with Crippen LogP contribution in [0.25, 0.3) is 0 Å². The van der Waals surface area contributed by atoms with Crippen molar-refractivity contribution in [1.82, 2.24) is 10.6 Å². The second-order valence-corrected chi connectivity index (χ2v) is 5.68. The summed E-state index contributed by atoms with van der Waals surface area (Å²) in [6.07, 6.45) is 1.78. The monoisotopic (exact) mass is 300 g/mol. The molecule has 1 heterocycles. The van der Waals surface area contributed by atoms with Gasteiger partial charge in [-0.15, -0.1) is 0 Å². The van der Waals surface area contributed by atoms with E-state index in [1.54, 1.807) is 6.07 Å². The molecular weight excluding hydrogens is 283 g/mol. The fraction of sp³-hybridized carbons (Fsp3) is 0.500. The third-order valence-electron chi connectivity index (χ3n) is 3.52. The summed E-state index contributed by atoms with van der Waals surface area (Å²) in [5.74, 6) is 0.201. The molecule has 1 aliphatic heterocycles. The minimum atomic E-state index is -0.131. The molecule has 1 atom stereocenters. The van der Waals surface area contributed by atoms with Crippen LogP contribution in [-0.2, 0) is 4.79 Å². The first kappa shape index (κ1) is 14.6. The minimum Gasteiger partial charge on any atom is -0.349 e. The van der Waals surface area contributed by atoms with Gasteiger partial charge in [-0.05, 0) is 44.5 Å². The fourth-order valence-corrected chi connectivity index (χ4v) is 2.82. The van der Waals surface area contributed by atoms with Crippen LogP contribution in [0.2, 0.25) is 10.0 Å². The Kier molecular flexibility index (Phi) is 5.08. The van der Waals surface area contributed by atoms with Crippen LogP contribution in [0.4, 0.5) is 0 Å². The number of nitrogens with one attached hydrogen (secondary N) is 2. The quantitative estimate of drug-likeness (QED) is 0.900. The predicted octanol–water partition coefficient (Wildman–Crippen LogP) is 3.17. The highest BCUT2D eigenvalue weighted by atomic mass is 35.5. The summed E-state index contributed by atoms with van der Waals surface area (Å²) < 4.78 is 0. The van der Waals surface area contributed by atoms with E-state index in [0.717, 1.165) is 31.5 Å². The Balaban J connectivity index is 2.02. The SMILES string of the molecule is CC(NC(=O)C1CCNCC1)c1cccc(Cl)c1Cl. The number of hydrogen-bond donors (Lipinski definition) is 2. The molecule has 2 rings (SSSR count). The lowest BCUT2D eigenvalue weighted by molar-refractivity contribution is -0.126. The molecule has 0 bridgehead atoms. The standard InChI is InChI=1S/C14H18Cl2N2O/c1-9(11-3-2-4-12(15)13(11)16)18-14(19)10-5-7-17-8-6-10/h2-4,9-10,17H,5-8H2,1H3,(H,18,19). The van der Waals surface area contributed by atoms with Gasteiger partial charge in [0, 0.05) is 5.92 Å². The fourth-order valence-electron chi connectivity index (χ4n) is 2.35. The summed E-state index contributed by atoms with van der Waals surface area (Å²) in [7, 11) is 0. The largest absolute Gasteiger partial charge is 0.349 e. The van der Waals surface area contributed by atoms with Crippen molar-refractivity contribution in [2.24, 2.45) is 5.92 Å². The summed E-state index contributed by atoms with van der Waals surface area (Å²) in [6.45, 7) is 3.74. The Hall–Kier alpha value is -0.770. The van der Waals surface area contributed by atoms with Crippen LogP contribution in [-0.4, -0.2) is 19.0 Å². The van der Waals surface area contributed by atoms with Gasteiger partial charge in [0.05, 0.1) is 16.1 Å². The smallest absolute Gasteiger partial charge is 0.223 e. The molecule has 1 aromatic carbocycles. The second kappa shape index (κ2) is 6.60. The zero-order chi connectivity index (χ0) is 13.8. The minimum absolute atomic E-state index is 0.0988. The molecule has 0 aromatic heterocycles. The topological polar surface area (TPSA) is 41.1 Å². The summed E-state index contributed by atoms with van der Waals surface area (Å²) >= 11 is 12.2. The van der Waals surface area contributed by atoms with Crippen molar-refractivity contribution in [3.8, 4) is 0 Å². The van der Waals surface area contributed by atoms with E-state index in [9.17, 15) is 4.79 Å². The first-order chi connectivity index (χ1) is 9.09. The van der Waals surface area contributed by atoms with E-state index in [0.29, 0.717) is 10.0 Å². The lowest BCUT2D eigenvalue weighted by Crippen LogP contribution is -2.39. The summed E-state index contributed by atoms with van der Waals surface area (Å²) in [4.78, 5) is 12.2. The van der Waals surface area contributed by atoms with E-state index in [2.05, 4.69) is 10.6 Å². The highest BCUT2D eigenvalue weighted by Crippen LogP contribution is 2.30. The summed E-state index contributed by atoms with van der Waals surface area (Å²) in [5.41, 5.74) is 0.858. The van der Waals surface area contributed by atoms with Gasteiger partial charge in [-0.2, -0.15) is 0 Å². The van der Waals surface area contributed by atoms with Crippen molar-refractivity contribution in [3.05, 3.63) is 33.8 Å². The molecule has 3 nitrogen and oxygen atoms in total.